The van der Waals surface area contributed by atoms with Crippen LogP contribution in [-0.4, -0.2) is 15.8 Å². The second-order valence-corrected chi connectivity index (χ2v) is 11.7. The van der Waals surface area contributed by atoms with Gasteiger partial charge in [0.05, 0.1) is 11.6 Å². The third-order valence-electron chi connectivity index (χ3n) is 10.3. The van der Waals surface area contributed by atoms with Crippen molar-refractivity contribution in [2.24, 2.45) is 40.4 Å². The summed E-state index contributed by atoms with van der Waals surface area (Å²) in [4.78, 5) is 0. The van der Waals surface area contributed by atoms with Crippen molar-refractivity contribution in [1.29, 1.82) is 0 Å². The Morgan fingerprint density at radius 2 is 1.83 bits per heavy atom. The highest BCUT2D eigenvalue weighted by Crippen LogP contribution is 2.67. The molecule has 2 nitrogen and oxygen atoms in total. The number of nitrogens with zero attached hydrogens (tertiary/aromatic N) is 1. The summed E-state index contributed by atoms with van der Waals surface area (Å²) in [5.41, 5.74) is 3.43. The van der Waals surface area contributed by atoms with E-state index in [9.17, 15) is 5.11 Å². The van der Waals surface area contributed by atoms with Gasteiger partial charge in [-0.05, 0) is 91.0 Å². The number of fused-ring (bicyclic) bond motifs is 6. The van der Waals surface area contributed by atoms with Gasteiger partial charge in [0.25, 0.3) is 0 Å². The van der Waals surface area contributed by atoms with Gasteiger partial charge in [-0.15, -0.1) is 0 Å². The molecule has 6 rings (SSSR count). The van der Waals surface area contributed by atoms with Crippen LogP contribution in [0.15, 0.2) is 42.6 Å². The third kappa shape index (κ3) is 2.46. The molecule has 4 aliphatic rings. The first kappa shape index (κ1) is 19.2. The molecule has 3 saturated carbocycles. The monoisotopic (exact) mass is 403 g/mol. The first-order valence-electron chi connectivity index (χ1n) is 12.4. The fourth-order valence-electron chi connectivity index (χ4n) is 8.65. The van der Waals surface area contributed by atoms with Crippen molar-refractivity contribution in [3.63, 3.8) is 0 Å². The number of aliphatic hydroxyl groups excluding tert-OH is 1. The summed E-state index contributed by atoms with van der Waals surface area (Å²) in [7, 11) is 0. The highest BCUT2D eigenvalue weighted by atomic mass is 16.3. The highest BCUT2D eigenvalue weighted by Gasteiger charge is 2.61. The zero-order valence-electron chi connectivity index (χ0n) is 18.8. The Kier molecular flexibility index (Phi) is 4.14. The molecule has 8 atom stereocenters. The van der Waals surface area contributed by atoms with Crippen molar-refractivity contribution in [3.8, 4) is 0 Å². The molecule has 2 heteroatoms. The molecule has 1 N–H and O–H groups in total. The van der Waals surface area contributed by atoms with Crippen molar-refractivity contribution in [3.05, 3.63) is 42.6 Å². The third-order valence-corrected chi connectivity index (χ3v) is 10.3. The van der Waals surface area contributed by atoms with Crippen molar-refractivity contribution < 1.29 is 5.11 Å². The summed E-state index contributed by atoms with van der Waals surface area (Å²) >= 11 is 0. The van der Waals surface area contributed by atoms with E-state index in [4.69, 9.17) is 0 Å². The Morgan fingerprint density at radius 3 is 2.70 bits per heavy atom. The maximum Gasteiger partial charge on any atom is 0.0577 e. The van der Waals surface area contributed by atoms with Gasteiger partial charge >= 0.3 is 0 Å². The fraction of sp³-hybridized carbons (Fsp3) is 0.643. The Bertz CT molecular complexity index is 1000. The van der Waals surface area contributed by atoms with Gasteiger partial charge in [0, 0.05) is 17.3 Å². The number of hydrogen-bond acceptors (Lipinski definition) is 1. The Morgan fingerprint density at radius 1 is 1.00 bits per heavy atom. The standard InChI is InChI=1S/C28H37NO/c1-18-10-13-27(2)20(16-18)17-24(30)26-21-8-9-25(28(21,3)14-11-22(26)27)29-15-12-19-6-4-5-7-23(19)29/h4-7,9,12,15,18,20-22,24,26,30H,8,10-11,13-14,16-17H2,1-3H3/t18-,20+,21?,22?,24?,26?,27+,28+/m1/s1. The molecule has 30 heavy (non-hydrogen) atoms. The number of rotatable bonds is 1. The van der Waals surface area contributed by atoms with Gasteiger partial charge in [-0.2, -0.15) is 0 Å². The topological polar surface area (TPSA) is 25.2 Å². The largest absolute Gasteiger partial charge is 0.393 e. The summed E-state index contributed by atoms with van der Waals surface area (Å²) in [6.45, 7) is 7.52. The average Bonchev–Trinajstić information content (AvgIpc) is 3.30. The molecule has 2 aromatic rings. The zero-order chi connectivity index (χ0) is 20.7. The normalized spacial score (nSPS) is 45.5. The van der Waals surface area contributed by atoms with Crippen LogP contribution in [0.2, 0.25) is 0 Å². The molecule has 3 fully saturated rings. The number of para-hydroxylation sites is 1. The summed E-state index contributed by atoms with van der Waals surface area (Å²) in [6, 6.07) is 11.0. The minimum Gasteiger partial charge on any atom is -0.393 e. The van der Waals surface area contributed by atoms with Crippen LogP contribution < -0.4 is 0 Å². The minimum atomic E-state index is -0.114. The van der Waals surface area contributed by atoms with E-state index < -0.39 is 0 Å². The van der Waals surface area contributed by atoms with Crippen LogP contribution in [0.5, 0.6) is 0 Å². The molecule has 0 amide bonds. The minimum absolute atomic E-state index is 0.114. The predicted molar refractivity (Wildman–Crippen MR) is 124 cm³/mol. The second-order valence-electron chi connectivity index (χ2n) is 11.7. The van der Waals surface area contributed by atoms with Gasteiger partial charge in [0.2, 0.25) is 0 Å². The molecule has 0 saturated heterocycles. The molecule has 1 aromatic carbocycles. The summed E-state index contributed by atoms with van der Waals surface area (Å²) in [5.74, 6) is 3.31. The molecule has 1 heterocycles. The number of aromatic nitrogens is 1. The van der Waals surface area contributed by atoms with Crippen LogP contribution in [0.25, 0.3) is 16.6 Å². The van der Waals surface area contributed by atoms with Crippen molar-refractivity contribution in [1.82, 2.24) is 4.57 Å². The van der Waals surface area contributed by atoms with Gasteiger partial charge < -0.3 is 9.67 Å². The van der Waals surface area contributed by atoms with E-state index in [0.717, 1.165) is 24.7 Å². The Balaban J connectivity index is 1.36. The SMILES string of the molecule is C[C@@H]1CC[C@]2(C)C3CC[C@]4(C)C(n5ccc6ccccc65)=CCC4C3C(O)C[C@@H]2C1. The van der Waals surface area contributed by atoms with Crippen LogP contribution in [-0.2, 0) is 0 Å². The lowest BCUT2D eigenvalue weighted by Crippen LogP contribution is -2.57. The Labute approximate surface area is 181 Å². The van der Waals surface area contributed by atoms with Gasteiger partial charge in [-0.3, -0.25) is 0 Å². The van der Waals surface area contributed by atoms with Crippen LogP contribution in [0, 0.1) is 40.4 Å². The first-order chi connectivity index (χ1) is 14.4. The molecule has 0 spiro atoms. The van der Waals surface area contributed by atoms with Crippen LogP contribution in [0.4, 0.5) is 0 Å². The van der Waals surface area contributed by atoms with E-state index in [2.05, 4.69) is 67.9 Å². The maximum absolute atomic E-state index is 11.5. The number of aliphatic hydroxyl groups is 1. The van der Waals surface area contributed by atoms with E-state index >= 15 is 0 Å². The van der Waals surface area contributed by atoms with E-state index in [0.29, 0.717) is 23.2 Å². The van der Waals surface area contributed by atoms with Gasteiger partial charge in [-0.25, -0.2) is 0 Å². The van der Waals surface area contributed by atoms with Crippen molar-refractivity contribution in [2.45, 2.75) is 71.8 Å². The summed E-state index contributed by atoms with van der Waals surface area (Å²) < 4.78 is 2.46. The van der Waals surface area contributed by atoms with Gasteiger partial charge in [-0.1, -0.05) is 51.5 Å². The summed E-state index contributed by atoms with van der Waals surface area (Å²) in [6.07, 6.45) is 13.5. The first-order valence-corrected chi connectivity index (χ1v) is 12.4. The van der Waals surface area contributed by atoms with Crippen molar-refractivity contribution in [2.75, 3.05) is 0 Å². The molecule has 1 aromatic heterocycles. The van der Waals surface area contributed by atoms with Gasteiger partial charge in [0.1, 0.15) is 0 Å². The summed E-state index contributed by atoms with van der Waals surface area (Å²) in [5, 5.41) is 12.8. The van der Waals surface area contributed by atoms with E-state index in [1.807, 2.05) is 0 Å². The highest BCUT2D eigenvalue weighted by molar-refractivity contribution is 5.84. The quantitative estimate of drug-likeness (QED) is 0.560. The molecule has 0 aliphatic heterocycles. The molecule has 4 unspecified atom stereocenters. The number of hydrogen-bond donors (Lipinski definition) is 1. The number of benzene rings is 1. The molecule has 160 valence electrons. The fourth-order valence-corrected chi connectivity index (χ4v) is 8.65. The van der Waals surface area contributed by atoms with E-state index in [-0.39, 0.29) is 11.5 Å². The van der Waals surface area contributed by atoms with Gasteiger partial charge in [0.15, 0.2) is 0 Å². The lowest BCUT2D eigenvalue weighted by molar-refractivity contribution is -0.157. The molecular weight excluding hydrogens is 366 g/mol. The van der Waals surface area contributed by atoms with Crippen molar-refractivity contribution >= 4 is 16.6 Å². The van der Waals surface area contributed by atoms with Crippen LogP contribution in [0.1, 0.15) is 65.7 Å². The zero-order valence-corrected chi connectivity index (χ0v) is 18.8. The molecule has 4 aliphatic carbocycles. The van der Waals surface area contributed by atoms with E-state index in [1.165, 1.54) is 48.7 Å². The molecular formula is C28H37NO. The number of allylic oxidation sites excluding steroid dienone is 2. The lowest BCUT2D eigenvalue weighted by Gasteiger charge is -2.62. The molecule has 0 bridgehead atoms. The predicted octanol–water partition coefficient (Wildman–Crippen LogP) is 6.74. The Hall–Kier alpha value is -1.54. The molecule has 0 radical (unpaired) electrons. The second kappa shape index (κ2) is 6.48. The smallest absolute Gasteiger partial charge is 0.0577 e. The van der Waals surface area contributed by atoms with E-state index in [1.54, 1.807) is 0 Å². The van der Waals surface area contributed by atoms with Crippen LogP contribution >= 0.6 is 0 Å². The maximum atomic E-state index is 11.5. The average molecular weight is 404 g/mol. The van der Waals surface area contributed by atoms with Crippen LogP contribution in [0.3, 0.4) is 0 Å². The lowest BCUT2D eigenvalue weighted by atomic mass is 9.44.